The summed E-state index contributed by atoms with van der Waals surface area (Å²) in [6, 6.07) is 4.17. The maximum absolute atomic E-state index is 12.9. The molecule has 2 aromatic rings. The maximum Gasteiger partial charge on any atom is 0.174 e. The number of allylic oxidation sites excluding steroid dienone is 6. The Bertz CT molecular complexity index is 1220. The Labute approximate surface area is 206 Å². The van der Waals surface area contributed by atoms with E-state index in [1.807, 2.05) is 46.8 Å². The quantitative estimate of drug-likeness (QED) is 0.196. The van der Waals surface area contributed by atoms with Crippen LogP contribution in [-0.2, 0) is 6.42 Å². The Morgan fingerprint density at radius 1 is 0.914 bits per heavy atom. The lowest BCUT2D eigenvalue weighted by molar-refractivity contribution is 0.0843. The minimum atomic E-state index is -0.763. The van der Waals surface area contributed by atoms with Gasteiger partial charge in [-0.1, -0.05) is 29.4 Å². The highest BCUT2D eigenvalue weighted by Gasteiger charge is 2.33. The predicted molar refractivity (Wildman–Crippen MR) is 137 cm³/mol. The van der Waals surface area contributed by atoms with Gasteiger partial charge in [0.25, 0.3) is 0 Å². The van der Waals surface area contributed by atoms with Gasteiger partial charge in [0.15, 0.2) is 17.3 Å². The van der Waals surface area contributed by atoms with E-state index in [1.54, 1.807) is 6.07 Å². The molecule has 1 aliphatic rings. The first-order chi connectivity index (χ1) is 16.5. The zero-order valence-electron chi connectivity index (χ0n) is 21.0. The number of carbonyl (C=O) groups is 1. The summed E-state index contributed by atoms with van der Waals surface area (Å²) in [5.41, 5.74) is 4.61. The van der Waals surface area contributed by atoms with E-state index in [0.29, 0.717) is 23.1 Å². The van der Waals surface area contributed by atoms with Crippen LogP contribution in [0.25, 0.3) is 5.57 Å². The summed E-state index contributed by atoms with van der Waals surface area (Å²) in [4.78, 5) is 12.9. The number of phenolic OH excluding ortho intramolecular Hbond substituents is 4. The van der Waals surface area contributed by atoms with Crippen LogP contribution in [0.2, 0.25) is 0 Å². The van der Waals surface area contributed by atoms with E-state index in [2.05, 4.69) is 6.08 Å². The third-order valence-electron chi connectivity index (χ3n) is 6.05. The van der Waals surface area contributed by atoms with Crippen molar-refractivity contribution >= 4 is 11.4 Å². The number of Topliss-reactive ketones (excluding diaryl/α,β-unsaturated/α-hetero) is 1. The molecule has 35 heavy (non-hydrogen) atoms. The predicted octanol–water partition coefficient (Wildman–Crippen LogP) is 6.87. The van der Waals surface area contributed by atoms with E-state index in [0.717, 1.165) is 30.1 Å². The number of hydrogen-bond donors (Lipinski definition) is 4. The molecule has 6 nitrogen and oxygen atoms in total. The van der Waals surface area contributed by atoms with Crippen LogP contribution in [0.3, 0.4) is 0 Å². The topological polar surface area (TPSA) is 107 Å². The normalized spacial score (nSPS) is 15.3. The average Bonchev–Trinajstić information content (AvgIpc) is 2.76. The van der Waals surface area contributed by atoms with Crippen molar-refractivity contribution in [3.05, 3.63) is 69.8 Å². The first-order valence-corrected chi connectivity index (χ1v) is 11.8. The third-order valence-corrected chi connectivity index (χ3v) is 6.05. The fourth-order valence-corrected chi connectivity index (χ4v) is 4.21. The lowest BCUT2D eigenvalue weighted by Gasteiger charge is -2.28. The van der Waals surface area contributed by atoms with Gasteiger partial charge in [-0.3, -0.25) is 4.79 Å². The molecule has 4 N–H and O–H groups in total. The molecule has 0 radical (unpaired) electrons. The molecule has 1 atom stereocenters. The van der Waals surface area contributed by atoms with Crippen molar-refractivity contribution in [3.63, 3.8) is 0 Å². The lowest BCUT2D eigenvalue weighted by Crippen LogP contribution is -2.22. The van der Waals surface area contributed by atoms with Crippen LogP contribution in [0.4, 0.5) is 0 Å². The molecule has 0 unspecified atom stereocenters. The molecular weight excluding hydrogens is 444 g/mol. The van der Waals surface area contributed by atoms with E-state index < -0.39 is 6.10 Å². The second kappa shape index (κ2) is 10.7. The summed E-state index contributed by atoms with van der Waals surface area (Å²) in [7, 11) is 0. The third kappa shape index (κ3) is 5.88. The number of benzene rings is 2. The van der Waals surface area contributed by atoms with E-state index in [-0.39, 0.29) is 46.5 Å². The average molecular weight is 479 g/mol. The highest BCUT2D eigenvalue weighted by atomic mass is 16.5. The van der Waals surface area contributed by atoms with Crippen LogP contribution >= 0.6 is 0 Å². The lowest BCUT2D eigenvalue weighted by atomic mass is 9.88. The van der Waals surface area contributed by atoms with Crippen LogP contribution in [0.5, 0.6) is 28.7 Å². The fourth-order valence-electron chi connectivity index (χ4n) is 4.21. The molecule has 0 bridgehead atoms. The van der Waals surface area contributed by atoms with Crippen molar-refractivity contribution in [2.24, 2.45) is 0 Å². The van der Waals surface area contributed by atoms with Crippen molar-refractivity contribution in [1.29, 1.82) is 0 Å². The van der Waals surface area contributed by atoms with E-state index in [1.165, 1.54) is 11.6 Å². The molecule has 0 aliphatic carbocycles. The van der Waals surface area contributed by atoms with Crippen molar-refractivity contribution in [3.8, 4) is 28.7 Å². The van der Waals surface area contributed by atoms with Gasteiger partial charge in [0.05, 0.1) is 6.42 Å². The smallest absolute Gasteiger partial charge is 0.174 e. The molecule has 0 fully saturated rings. The first kappa shape index (κ1) is 25.9. The van der Waals surface area contributed by atoms with Crippen molar-refractivity contribution in [2.45, 2.75) is 66.4 Å². The number of fused-ring (bicyclic) bond motifs is 1. The summed E-state index contributed by atoms with van der Waals surface area (Å²) < 4.78 is 6.07. The van der Waals surface area contributed by atoms with Crippen LogP contribution < -0.4 is 4.74 Å². The van der Waals surface area contributed by atoms with Gasteiger partial charge in [0, 0.05) is 28.8 Å². The van der Waals surface area contributed by atoms with E-state index in [4.69, 9.17) is 4.74 Å². The summed E-state index contributed by atoms with van der Waals surface area (Å²) in [5, 5.41) is 41.9. The van der Waals surface area contributed by atoms with Gasteiger partial charge in [0.1, 0.15) is 28.9 Å². The van der Waals surface area contributed by atoms with E-state index >= 15 is 0 Å². The first-order valence-electron chi connectivity index (χ1n) is 11.8. The molecule has 0 aromatic heterocycles. The second-order valence-electron chi connectivity index (χ2n) is 9.49. The summed E-state index contributed by atoms with van der Waals surface area (Å²) in [5.74, 6) is -1.25. The molecule has 0 saturated heterocycles. The van der Waals surface area contributed by atoms with Gasteiger partial charge < -0.3 is 25.2 Å². The minimum Gasteiger partial charge on any atom is -0.508 e. The number of rotatable bonds is 7. The largest absolute Gasteiger partial charge is 0.508 e. The van der Waals surface area contributed by atoms with Gasteiger partial charge in [-0.05, 0) is 65.5 Å². The highest BCUT2D eigenvalue weighted by molar-refractivity contribution is 6.02. The zero-order valence-corrected chi connectivity index (χ0v) is 21.0. The van der Waals surface area contributed by atoms with Gasteiger partial charge in [-0.2, -0.15) is 0 Å². The van der Waals surface area contributed by atoms with E-state index in [9.17, 15) is 25.2 Å². The summed E-state index contributed by atoms with van der Waals surface area (Å²) >= 11 is 0. The molecule has 0 spiro atoms. The molecular formula is C29H34O6. The summed E-state index contributed by atoms with van der Waals surface area (Å²) in [6.07, 6.45) is 7.23. The molecule has 3 rings (SSSR count). The Balaban J connectivity index is 2.10. The Kier molecular flexibility index (Phi) is 7.95. The number of hydrogen-bond acceptors (Lipinski definition) is 6. The molecule has 1 aliphatic heterocycles. The van der Waals surface area contributed by atoms with Crippen molar-refractivity contribution < 1.29 is 30.0 Å². The molecule has 1 heterocycles. The SMILES string of the molecule is CC(C)=CCC/C=C(\C)c1cc([C@@H]2CC(=O)c3c(O)cc(O)cc3O2)c(CC=C(C)C)c(O)c1O. The molecule has 2 aromatic carbocycles. The maximum atomic E-state index is 12.9. The summed E-state index contributed by atoms with van der Waals surface area (Å²) in [6.45, 7) is 9.83. The Morgan fingerprint density at radius 2 is 1.57 bits per heavy atom. The number of unbranched alkanes of at least 4 members (excludes halogenated alkanes) is 1. The van der Waals surface area contributed by atoms with Crippen molar-refractivity contribution in [2.75, 3.05) is 0 Å². The van der Waals surface area contributed by atoms with Crippen LogP contribution in [-0.4, -0.2) is 26.2 Å². The molecule has 0 amide bonds. The Morgan fingerprint density at radius 3 is 2.23 bits per heavy atom. The molecule has 6 heteroatoms. The number of phenols is 4. The van der Waals surface area contributed by atoms with Crippen LogP contribution in [0, 0.1) is 0 Å². The van der Waals surface area contributed by atoms with Crippen LogP contribution in [0.15, 0.2) is 47.6 Å². The molecule has 0 saturated carbocycles. The van der Waals surface area contributed by atoms with Gasteiger partial charge in [-0.25, -0.2) is 0 Å². The van der Waals surface area contributed by atoms with Gasteiger partial charge in [-0.15, -0.1) is 0 Å². The van der Waals surface area contributed by atoms with Gasteiger partial charge >= 0.3 is 0 Å². The zero-order chi connectivity index (χ0) is 25.9. The molecule has 186 valence electrons. The Hall–Kier alpha value is -3.67. The number of ether oxygens (including phenoxy) is 1. The minimum absolute atomic E-state index is 0.0310. The number of carbonyl (C=O) groups excluding carboxylic acids is 1. The van der Waals surface area contributed by atoms with Crippen LogP contribution in [0.1, 0.15) is 87.0 Å². The second-order valence-corrected chi connectivity index (χ2v) is 9.49. The highest BCUT2D eigenvalue weighted by Crippen LogP contribution is 2.46. The van der Waals surface area contributed by atoms with Crippen molar-refractivity contribution in [1.82, 2.24) is 0 Å². The number of aromatic hydroxyl groups is 4. The van der Waals surface area contributed by atoms with Gasteiger partial charge in [0.2, 0.25) is 0 Å². The monoisotopic (exact) mass is 478 g/mol. The number of ketones is 1. The standard InChI is InChI=1S/C29H34O6/c1-16(2)8-6-7-9-18(5)21-14-22(20(11-10-17(3)4)28(33)29(21)34)25-15-24(32)27-23(31)12-19(30)13-26(27)35-25/h8-10,12-14,25,30-31,33-34H,6-7,11,15H2,1-5H3/b18-9+/t25-/m0/s1. The fraction of sp³-hybridized carbons (Fsp3) is 0.345.